The Bertz CT molecular complexity index is 759. The van der Waals surface area contributed by atoms with E-state index >= 15 is 0 Å². The van der Waals surface area contributed by atoms with Crippen molar-refractivity contribution in [3.05, 3.63) is 47.4 Å². The first-order valence-corrected chi connectivity index (χ1v) is 8.24. The summed E-state index contributed by atoms with van der Waals surface area (Å²) < 4.78 is 14.0. The minimum atomic E-state index is -0.258. The van der Waals surface area contributed by atoms with Gasteiger partial charge in [-0.15, -0.1) is 11.6 Å². The van der Waals surface area contributed by atoms with Crippen LogP contribution in [0.3, 0.4) is 0 Å². The summed E-state index contributed by atoms with van der Waals surface area (Å²) in [7, 11) is 0. The van der Waals surface area contributed by atoms with Crippen LogP contribution >= 0.6 is 11.6 Å². The molecule has 1 aromatic heterocycles. The summed E-state index contributed by atoms with van der Waals surface area (Å²) in [5, 5.41) is 8.81. The highest BCUT2D eigenvalue weighted by atomic mass is 35.5. The van der Waals surface area contributed by atoms with E-state index in [0.29, 0.717) is 23.1 Å². The number of halogens is 2. The number of rotatable bonds is 2. The molecular weight excluding hydrogens is 299 g/mol. The summed E-state index contributed by atoms with van der Waals surface area (Å²) in [6, 6.07) is 8.75. The second kappa shape index (κ2) is 4.51. The molecule has 0 unspecified atom stereocenters. The van der Waals surface area contributed by atoms with Gasteiger partial charge in [0.2, 0.25) is 0 Å². The second-order valence-electron chi connectivity index (χ2n) is 7.04. The SMILES string of the molecule is CC1(C)[C@@H]2CC[C@@]1(CCl)c1nnc(-c3ccccc3F)cc12. The normalized spacial score (nSPS) is 27.9. The van der Waals surface area contributed by atoms with Crippen molar-refractivity contribution in [1.82, 2.24) is 10.2 Å². The molecule has 2 atom stereocenters. The molecule has 2 aromatic rings. The molecule has 0 amide bonds. The van der Waals surface area contributed by atoms with E-state index in [9.17, 15) is 4.39 Å². The topological polar surface area (TPSA) is 25.8 Å². The number of aromatic nitrogens is 2. The van der Waals surface area contributed by atoms with Gasteiger partial charge in [-0.1, -0.05) is 26.0 Å². The monoisotopic (exact) mass is 316 g/mol. The lowest BCUT2D eigenvalue weighted by molar-refractivity contribution is 0.230. The molecule has 1 fully saturated rings. The fraction of sp³-hybridized carbons (Fsp3) is 0.444. The molecule has 0 N–H and O–H groups in total. The predicted molar refractivity (Wildman–Crippen MR) is 85.6 cm³/mol. The maximum absolute atomic E-state index is 14.0. The van der Waals surface area contributed by atoms with Crippen molar-refractivity contribution < 1.29 is 4.39 Å². The minimum absolute atomic E-state index is 0.0830. The third kappa shape index (κ3) is 1.55. The molecule has 4 heteroatoms. The molecular formula is C18H18ClFN2. The molecule has 2 bridgehead atoms. The van der Waals surface area contributed by atoms with Crippen molar-refractivity contribution in [2.75, 3.05) is 5.88 Å². The highest BCUT2D eigenvalue weighted by Gasteiger charge is 2.62. The van der Waals surface area contributed by atoms with Crippen molar-refractivity contribution in [1.29, 1.82) is 0 Å². The lowest BCUT2D eigenvalue weighted by Crippen LogP contribution is -2.37. The molecule has 114 valence electrons. The Morgan fingerprint density at radius 2 is 2.05 bits per heavy atom. The van der Waals surface area contributed by atoms with Gasteiger partial charge < -0.3 is 0 Å². The largest absolute Gasteiger partial charge is 0.206 e. The molecule has 0 radical (unpaired) electrons. The number of alkyl halides is 1. The first-order chi connectivity index (χ1) is 10.5. The molecule has 2 aliphatic carbocycles. The molecule has 4 rings (SSSR count). The van der Waals surface area contributed by atoms with Crippen LogP contribution in [0.5, 0.6) is 0 Å². The number of benzene rings is 1. The molecule has 1 heterocycles. The summed E-state index contributed by atoms with van der Waals surface area (Å²) in [5.41, 5.74) is 3.37. The van der Waals surface area contributed by atoms with Gasteiger partial charge in [-0.3, -0.25) is 0 Å². The van der Waals surface area contributed by atoms with Crippen LogP contribution in [-0.2, 0) is 5.41 Å². The number of hydrogen-bond acceptors (Lipinski definition) is 2. The van der Waals surface area contributed by atoms with Crippen LogP contribution in [0.2, 0.25) is 0 Å². The Kier molecular flexibility index (Phi) is 2.90. The molecule has 2 aliphatic rings. The Balaban J connectivity index is 1.90. The van der Waals surface area contributed by atoms with E-state index in [-0.39, 0.29) is 16.6 Å². The van der Waals surface area contributed by atoms with E-state index in [4.69, 9.17) is 11.6 Å². The lowest BCUT2D eigenvalue weighted by Gasteiger charge is -2.35. The van der Waals surface area contributed by atoms with Gasteiger partial charge >= 0.3 is 0 Å². The standard InChI is InChI=1S/C18H18ClFN2/c1-17(2)13-7-8-18(17,10-19)16-12(13)9-15(21-22-16)11-5-3-4-6-14(11)20/h3-6,9,13H,7-8,10H2,1-2H3/t13-,18-/m1/s1. The first-order valence-electron chi connectivity index (χ1n) is 7.70. The molecule has 2 nitrogen and oxygen atoms in total. The molecule has 0 spiro atoms. The quantitative estimate of drug-likeness (QED) is 0.752. The van der Waals surface area contributed by atoms with E-state index in [2.05, 4.69) is 24.0 Å². The van der Waals surface area contributed by atoms with Gasteiger partial charge in [-0.2, -0.15) is 10.2 Å². The average Bonchev–Trinajstić information content (AvgIpc) is 2.89. The lowest BCUT2D eigenvalue weighted by atomic mass is 9.70. The predicted octanol–water partition coefficient (Wildman–Crippen LogP) is 4.68. The molecule has 1 saturated carbocycles. The zero-order valence-electron chi connectivity index (χ0n) is 12.7. The number of hydrogen-bond donors (Lipinski definition) is 0. The Hall–Kier alpha value is -1.48. The summed E-state index contributed by atoms with van der Waals surface area (Å²) in [6.07, 6.45) is 2.18. The van der Waals surface area contributed by atoms with E-state index < -0.39 is 0 Å². The van der Waals surface area contributed by atoms with E-state index in [1.807, 2.05) is 12.1 Å². The molecule has 1 aromatic carbocycles. The van der Waals surface area contributed by atoms with Crippen molar-refractivity contribution in [3.8, 4) is 11.3 Å². The zero-order valence-corrected chi connectivity index (χ0v) is 13.5. The van der Waals surface area contributed by atoms with Gasteiger partial charge in [0.15, 0.2) is 0 Å². The average molecular weight is 317 g/mol. The summed E-state index contributed by atoms with van der Waals surface area (Å²) in [6.45, 7) is 4.55. The third-order valence-corrected chi connectivity index (χ3v) is 6.45. The summed E-state index contributed by atoms with van der Waals surface area (Å²) in [4.78, 5) is 0. The molecule has 0 aliphatic heterocycles. The zero-order chi connectivity index (χ0) is 15.5. The van der Waals surface area contributed by atoms with Gasteiger partial charge in [0.05, 0.1) is 11.4 Å². The molecule has 22 heavy (non-hydrogen) atoms. The highest BCUT2D eigenvalue weighted by molar-refractivity contribution is 6.19. The van der Waals surface area contributed by atoms with Crippen LogP contribution < -0.4 is 0 Å². The van der Waals surface area contributed by atoms with E-state index in [1.54, 1.807) is 12.1 Å². The van der Waals surface area contributed by atoms with Gasteiger partial charge in [-0.05, 0) is 47.9 Å². The van der Waals surface area contributed by atoms with Gasteiger partial charge in [-0.25, -0.2) is 4.39 Å². The number of fused-ring (bicyclic) bond motifs is 5. The van der Waals surface area contributed by atoms with E-state index in [0.717, 1.165) is 18.5 Å². The maximum Gasteiger partial charge on any atom is 0.132 e. The van der Waals surface area contributed by atoms with Gasteiger partial charge in [0, 0.05) is 16.9 Å². The fourth-order valence-corrected chi connectivity index (χ4v) is 5.13. The number of nitrogens with zero attached hydrogens (tertiary/aromatic N) is 2. The van der Waals surface area contributed by atoms with Crippen molar-refractivity contribution >= 4 is 11.6 Å². The van der Waals surface area contributed by atoms with Crippen LogP contribution in [0, 0.1) is 11.2 Å². The fourth-order valence-electron chi connectivity index (χ4n) is 4.52. The van der Waals surface area contributed by atoms with Crippen molar-refractivity contribution in [2.24, 2.45) is 5.41 Å². The van der Waals surface area contributed by atoms with Gasteiger partial charge in [0.25, 0.3) is 0 Å². The Labute approximate surface area is 134 Å². The minimum Gasteiger partial charge on any atom is -0.206 e. The smallest absolute Gasteiger partial charge is 0.132 e. The van der Waals surface area contributed by atoms with Crippen molar-refractivity contribution in [2.45, 2.75) is 38.0 Å². The first kappa shape index (κ1) is 14.1. The van der Waals surface area contributed by atoms with Crippen LogP contribution in [-0.4, -0.2) is 16.1 Å². The van der Waals surface area contributed by atoms with E-state index in [1.165, 1.54) is 11.6 Å². The van der Waals surface area contributed by atoms with Crippen molar-refractivity contribution in [3.63, 3.8) is 0 Å². The van der Waals surface area contributed by atoms with Crippen LogP contribution in [0.15, 0.2) is 30.3 Å². The second-order valence-corrected chi connectivity index (χ2v) is 7.31. The van der Waals surface area contributed by atoms with Crippen LogP contribution in [0.1, 0.15) is 43.9 Å². The summed E-state index contributed by atoms with van der Waals surface area (Å²) in [5.74, 6) is 0.741. The molecule has 0 saturated heterocycles. The maximum atomic E-state index is 14.0. The highest BCUT2D eigenvalue weighted by Crippen LogP contribution is 2.67. The van der Waals surface area contributed by atoms with Gasteiger partial charge in [0.1, 0.15) is 5.82 Å². The Morgan fingerprint density at radius 3 is 2.77 bits per heavy atom. The Morgan fingerprint density at radius 1 is 1.27 bits per heavy atom. The summed E-state index contributed by atoms with van der Waals surface area (Å²) >= 11 is 6.36. The third-order valence-electron chi connectivity index (χ3n) is 5.99. The van der Waals surface area contributed by atoms with Crippen LogP contribution in [0.25, 0.3) is 11.3 Å². The van der Waals surface area contributed by atoms with Crippen LogP contribution in [0.4, 0.5) is 4.39 Å².